The summed E-state index contributed by atoms with van der Waals surface area (Å²) in [7, 11) is 0. The van der Waals surface area contributed by atoms with Gasteiger partial charge in [-0.25, -0.2) is 4.98 Å². The number of nitrogens with zero attached hydrogens (tertiary/aromatic N) is 1. The van der Waals surface area contributed by atoms with Crippen molar-refractivity contribution >= 4 is 56.0 Å². The number of aromatic amines is 1. The molecule has 0 spiro atoms. The zero-order chi connectivity index (χ0) is 28.3. The van der Waals surface area contributed by atoms with E-state index >= 15 is 0 Å². The Labute approximate surface area is 241 Å². The molecule has 0 unspecified atom stereocenters. The number of rotatable bonds is 9. The van der Waals surface area contributed by atoms with Crippen molar-refractivity contribution in [1.82, 2.24) is 25.9 Å². The highest BCUT2D eigenvalue weighted by Gasteiger charge is 2.37. The predicted molar refractivity (Wildman–Crippen MR) is 158 cm³/mol. The van der Waals surface area contributed by atoms with Crippen LogP contribution in [0.15, 0.2) is 54.6 Å². The first kappa shape index (κ1) is 27.1. The highest BCUT2D eigenvalue weighted by atomic mass is 32.1. The topological polar surface area (TPSA) is 133 Å². The van der Waals surface area contributed by atoms with Crippen LogP contribution in [0.1, 0.15) is 65.2 Å². The average Bonchev–Trinajstić information content (AvgIpc) is 3.73. The van der Waals surface area contributed by atoms with Gasteiger partial charge in [-0.2, -0.15) is 0 Å². The molecule has 2 aromatic heterocycles. The van der Waals surface area contributed by atoms with Crippen LogP contribution in [-0.4, -0.2) is 52.1 Å². The second-order valence-corrected chi connectivity index (χ2v) is 12.1. The molecule has 0 radical (unpaired) electrons. The Hall–Kier alpha value is -4.05. The van der Waals surface area contributed by atoms with E-state index < -0.39 is 18.0 Å². The summed E-state index contributed by atoms with van der Waals surface area (Å²) in [4.78, 5) is 61.2. The highest BCUT2D eigenvalue weighted by molar-refractivity contribution is 7.20. The average molecular weight is 572 g/mol. The van der Waals surface area contributed by atoms with Gasteiger partial charge in [0.05, 0.1) is 16.3 Å². The second-order valence-electron chi connectivity index (χ2n) is 11.0. The number of carbonyl (C=O) groups excluding carboxylic acids is 4. The van der Waals surface area contributed by atoms with Gasteiger partial charge in [0.15, 0.2) is 5.01 Å². The number of benzene rings is 2. The summed E-state index contributed by atoms with van der Waals surface area (Å²) in [5.41, 5.74) is 1.94. The third kappa shape index (κ3) is 5.88. The molecule has 3 atom stereocenters. The SMILES string of the molecule is O=C(N[C@H](C(=O)N[C@@H](C[C@@H]1CCNC1=O)C(=O)c1nc2ccccc2s1)C1CCCCC1)c1cc2ccccc2[nH]1. The summed E-state index contributed by atoms with van der Waals surface area (Å²) >= 11 is 1.28. The summed E-state index contributed by atoms with van der Waals surface area (Å²) in [6.45, 7) is 0.546. The van der Waals surface area contributed by atoms with E-state index in [1.807, 2.05) is 48.5 Å². The highest BCUT2D eigenvalue weighted by Crippen LogP contribution is 2.29. The number of nitrogens with one attached hydrogen (secondary N) is 4. The largest absolute Gasteiger partial charge is 0.356 e. The summed E-state index contributed by atoms with van der Waals surface area (Å²) in [5, 5.41) is 9.98. The lowest BCUT2D eigenvalue weighted by Crippen LogP contribution is -2.55. The maximum absolute atomic E-state index is 13.9. The molecule has 3 amide bonds. The van der Waals surface area contributed by atoms with Crippen LogP contribution in [0.5, 0.6) is 0 Å². The molecule has 212 valence electrons. The Morgan fingerprint density at radius 1 is 0.976 bits per heavy atom. The molecule has 4 N–H and O–H groups in total. The molecule has 1 aliphatic carbocycles. The van der Waals surface area contributed by atoms with Gasteiger partial charge in [0.2, 0.25) is 17.6 Å². The van der Waals surface area contributed by atoms with Gasteiger partial charge in [-0.15, -0.1) is 11.3 Å². The molecular formula is C31H33N5O4S. The fourth-order valence-electron chi connectivity index (χ4n) is 6.05. The third-order valence-corrected chi connectivity index (χ3v) is 9.34. The predicted octanol–water partition coefficient (Wildman–Crippen LogP) is 4.35. The van der Waals surface area contributed by atoms with Crippen molar-refractivity contribution < 1.29 is 19.2 Å². The molecule has 41 heavy (non-hydrogen) atoms. The van der Waals surface area contributed by atoms with Crippen LogP contribution < -0.4 is 16.0 Å². The minimum atomic E-state index is -0.937. The van der Waals surface area contributed by atoms with Crippen molar-refractivity contribution in [3.8, 4) is 0 Å². The maximum Gasteiger partial charge on any atom is 0.268 e. The van der Waals surface area contributed by atoms with E-state index in [4.69, 9.17) is 0 Å². The number of thiazole rings is 1. The molecule has 6 rings (SSSR count). The monoisotopic (exact) mass is 571 g/mol. The number of hydrogen-bond donors (Lipinski definition) is 4. The van der Waals surface area contributed by atoms with Gasteiger partial charge in [0.1, 0.15) is 11.7 Å². The van der Waals surface area contributed by atoms with Crippen LogP contribution in [0.25, 0.3) is 21.1 Å². The molecule has 2 fully saturated rings. The van der Waals surface area contributed by atoms with Crippen LogP contribution in [0.3, 0.4) is 0 Å². The van der Waals surface area contributed by atoms with Gasteiger partial charge in [-0.05, 0) is 55.9 Å². The van der Waals surface area contributed by atoms with Crippen molar-refractivity contribution in [2.75, 3.05) is 6.54 Å². The fourth-order valence-corrected chi connectivity index (χ4v) is 7.01. The molecule has 9 nitrogen and oxygen atoms in total. The van der Waals surface area contributed by atoms with Crippen molar-refractivity contribution in [2.45, 2.75) is 57.0 Å². The Balaban J connectivity index is 1.26. The maximum atomic E-state index is 13.9. The van der Waals surface area contributed by atoms with Crippen LogP contribution in [0.4, 0.5) is 0 Å². The van der Waals surface area contributed by atoms with Gasteiger partial charge in [0.25, 0.3) is 5.91 Å². The lowest BCUT2D eigenvalue weighted by molar-refractivity contribution is -0.126. The minimum Gasteiger partial charge on any atom is -0.356 e. The van der Waals surface area contributed by atoms with E-state index in [1.54, 1.807) is 6.07 Å². The summed E-state index contributed by atoms with van der Waals surface area (Å²) in [6.07, 6.45) is 5.46. The van der Waals surface area contributed by atoms with Crippen LogP contribution in [0.2, 0.25) is 0 Å². The number of hydrogen-bond acceptors (Lipinski definition) is 6. The standard InChI is InChI=1S/C31H33N5O4S/c37-27(31-35-22-12-6-7-13-25(22)41-31)23(17-20-14-15-32-28(20)38)34-30(40)26(18-8-2-1-3-9-18)36-29(39)24-16-19-10-4-5-11-21(19)33-24/h4-7,10-13,16,18,20,23,26,33H,1-3,8-9,14-15,17H2,(H,32,38)(H,34,40)(H,36,39)/t20-,23-,26-/m0/s1. The van der Waals surface area contributed by atoms with E-state index in [0.29, 0.717) is 23.7 Å². The van der Waals surface area contributed by atoms with Crippen molar-refractivity contribution in [3.05, 3.63) is 65.3 Å². The number of H-pyrrole nitrogens is 1. The molecule has 3 heterocycles. The number of carbonyl (C=O) groups is 4. The summed E-state index contributed by atoms with van der Waals surface area (Å²) in [6, 6.07) is 15.2. The summed E-state index contributed by atoms with van der Waals surface area (Å²) < 4.78 is 0.880. The van der Waals surface area contributed by atoms with Crippen molar-refractivity contribution in [1.29, 1.82) is 0 Å². The first-order chi connectivity index (χ1) is 20.0. The fraction of sp³-hybridized carbons (Fsp3) is 0.387. The summed E-state index contributed by atoms with van der Waals surface area (Å²) in [5.74, 6) is -1.63. The normalized spacial score (nSPS) is 19.1. The van der Waals surface area contributed by atoms with E-state index in [-0.39, 0.29) is 35.9 Å². The molecule has 2 aliphatic rings. The number of para-hydroxylation sites is 2. The zero-order valence-electron chi connectivity index (χ0n) is 22.7. The second kappa shape index (κ2) is 11.8. The van der Waals surface area contributed by atoms with Crippen LogP contribution in [-0.2, 0) is 9.59 Å². The van der Waals surface area contributed by atoms with Gasteiger partial charge in [-0.1, -0.05) is 49.6 Å². The van der Waals surface area contributed by atoms with Gasteiger partial charge >= 0.3 is 0 Å². The lowest BCUT2D eigenvalue weighted by atomic mass is 9.83. The van der Waals surface area contributed by atoms with Crippen molar-refractivity contribution in [2.24, 2.45) is 11.8 Å². The minimum absolute atomic E-state index is 0.0509. The molecule has 2 aromatic carbocycles. The van der Waals surface area contributed by atoms with Gasteiger partial charge in [-0.3, -0.25) is 19.2 Å². The van der Waals surface area contributed by atoms with Crippen LogP contribution >= 0.6 is 11.3 Å². The zero-order valence-corrected chi connectivity index (χ0v) is 23.5. The third-order valence-electron chi connectivity index (χ3n) is 8.29. The Morgan fingerprint density at radius 3 is 2.51 bits per heavy atom. The number of Topliss-reactive ketones (excluding diaryl/α,β-unsaturated/α-hetero) is 1. The van der Waals surface area contributed by atoms with E-state index in [9.17, 15) is 19.2 Å². The lowest BCUT2D eigenvalue weighted by Gasteiger charge is -2.31. The van der Waals surface area contributed by atoms with Crippen molar-refractivity contribution in [3.63, 3.8) is 0 Å². The molecule has 4 aromatic rings. The number of fused-ring (bicyclic) bond motifs is 2. The van der Waals surface area contributed by atoms with E-state index in [1.165, 1.54) is 11.3 Å². The molecule has 10 heteroatoms. The number of aromatic nitrogens is 2. The number of amides is 3. The van der Waals surface area contributed by atoms with Crippen LogP contribution in [0, 0.1) is 11.8 Å². The molecule has 1 saturated carbocycles. The van der Waals surface area contributed by atoms with E-state index in [2.05, 4.69) is 25.9 Å². The molecule has 0 bridgehead atoms. The Kier molecular flexibility index (Phi) is 7.82. The van der Waals surface area contributed by atoms with E-state index in [0.717, 1.165) is 53.2 Å². The molecule has 1 saturated heterocycles. The number of ketones is 1. The van der Waals surface area contributed by atoms with Gasteiger partial charge < -0.3 is 20.9 Å². The first-order valence-corrected chi connectivity index (χ1v) is 15.1. The molecular weight excluding hydrogens is 538 g/mol. The first-order valence-electron chi connectivity index (χ1n) is 14.3. The Bertz CT molecular complexity index is 1540. The molecule has 1 aliphatic heterocycles. The van der Waals surface area contributed by atoms with Gasteiger partial charge in [0, 0.05) is 23.4 Å². The quantitative estimate of drug-likeness (QED) is 0.222. The smallest absolute Gasteiger partial charge is 0.268 e. The Morgan fingerprint density at radius 2 is 1.76 bits per heavy atom.